The van der Waals surface area contributed by atoms with Gasteiger partial charge in [0.15, 0.2) is 0 Å². The van der Waals surface area contributed by atoms with Crippen LogP contribution in [0.2, 0.25) is 0 Å². The summed E-state index contributed by atoms with van der Waals surface area (Å²) in [6.07, 6.45) is 1.13. The van der Waals surface area contributed by atoms with Crippen molar-refractivity contribution in [3.8, 4) is 0 Å². The van der Waals surface area contributed by atoms with E-state index in [0.29, 0.717) is 18.5 Å². The summed E-state index contributed by atoms with van der Waals surface area (Å²) in [5, 5.41) is 6.35. The Morgan fingerprint density at radius 1 is 1.38 bits per heavy atom. The number of likely N-dealkylation sites (N-methyl/N-ethyl adjacent to an activating group) is 1. The molecule has 0 spiro atoms. The monoisotopic (exact) mass is 289 g/mol. The van der Waals surface area contributed by atoms with Gasteiger partial charge in [-0.1, -0.05) is 32.9 Å². The molecule has 4 nitrogen and oxygen atoms in total. The largest absolute Gasteiger partial charge is 0.325 e. The molecule has 1 atom stereocenters. The Bertz CT molecular complexity index is 450. The van der Waals surface area contributed by atoms with Gasteiger partial charge in [-0.05, 0) is 43.1 Å². The fourth-order valence-electron chi connectivity index (χ4n) is 2.79. The quantitative estimate of drug-likeness (QED) is 0.845. The SMILES string of the molecule is CCN(CC(=O)Nc1ccc(C(C)C)cc1)C1CCNC1. The highest BCUT2D eigenvalue weighted by atomic mass is 16.2. The number of amides is 1. The summed E-state index contributed by atoms with van der Waals surface area (Å²) < 4.78 is 0. The van der Waals surface area contributed by atoms with E-state index in [1.165, 1.54) is 5.56 Å². The molecule has 1 aromatic carbocycles. The summed E-state index contributed by atoms with van der Waals surface area (Å²) in [6, 6.07) is 8.63. The molecule has 0 bridgehead atoms. The van der Waals surface area contributed by atoms with Crippen LogP contribution in [0.15, 0.2) is 24.3 Å². The number of rotatable bonds is 6. The molecule has 1 aromatic rings. The fourth-order valence-corrected chi connectivity index (χ4v) is 2.79. The Hall–Kier alpha value is -1.39. The molecule has 1 fully saturated rings. The van der Waals surface area contributed by atoms with Crippen LogP contribution in [0.3, 0.4) is 0 Å². The molecule has 1 saturated heterocycles. The average Bonchev–Trinajstić information content (AvgIpc) is 2.99. The maximum absolute atomic E-state index is 12.2. The molecule has 0 aliphatic carbocycles. The minimum Gasteiger partial charge on any atom is -0.325 e. The lowest BCUT2D eigenvalue weighted by Crippen LogP contribution is -2.41. The first-order valence-corrected chi connectivity index (χ1v) is 7.94. The zero-order valence-electron chi connectivity index (χ0n) is 13.4. The minimum atomic E-state index is 0.0704. The maximum Gasteiger partial charge on any atom is 0.238 e. The van der Waals surface area contributed by atoms with Crippen molar-refractivity contribution in [3.63, 3.8) is 0 Å². The number of hydrogen-bond donors (Lipinski definition) is 2. The highest BCUT2D eigenvalue weighted by Gasteiger charge is 2.22. The van der Waals surface area contributed by atoms with Crippen LogP contribution >= 0.6 is 0 Å². The summed E-state index contributed by atoms with van der Waals surface area (Å²) in [5.74, 6) is 0.584. The van der Waals surface area contributed by atoms with Gasteiger partial charge in [-0.25, -0.2) is 0 Å². The number of nitrogens with zero attached hydrogens (tertiary/aromatic N) is 1. The predicted molar refractivity (Wildman–Crippen MR) is 87.7 cm³/mol. The van der Waals surface area contributed by atoms with Crippen LogP contribution in [0.25, 0.3) is 0 Å². The molecular formula is C17H27N3O. The average molecular weight is 289 g/mol. The Kier molecular flexibility index (Phi) is 5.76. The highest BCUT2D eigenvalue weighted by Crippen LogP contribution is 2.17. The summed E-state index contributed by atoms with van der Waals surface area (Å²) in [7, 11) is 0. The molecule has 21 heavy (non-hydrogen) atoms. The van der Waals surface area contributed by atoms with E-state index < -0.39 is 0 Å². The van der Waals surface area contributed by atoms with Crippen molar-refractivity contribution in [3.05, 3.63) is 29.8 Å². The number of hydrogen-bond acceptors (Lipinski definition) is 3. The number of anilines is 1. The van der Waals surface area contributed by atoms with Crippen molar-refractivity contribution in [1.82, 2.24) is 10.2 Å². The summed E-state index contributed by atoms with van der Waals surface area (Å²) in [6.45, 7) is 9.87. The lowest BCUT2D eigenvalue weighted by molar-refractivity contribution is -0.117. The molecule has 1 aliphatic rings. The van der Waals surface area contributed by atoms with Crippen molar-refractivity contribution in [2.75, 3.05) is 31.5 Å². The Balaban J connectivity index is 1.88. The standard InChI is InChI=1S/C17H27N3O/c1-4-20(16-9-10-18-11-16)12-17(21)19-15-7-5-14(6-8-15)13(2)3/h5-8,13,16,18H,4,9-12H2,1-3H3,(H,19,21). The Morgan fingerprint density at radius 2 is 2.10 bits per heavy atom. The smallest absolute Gasteiger partial charge is 0.238 e. The van der Waals surface area contributed by atoms with Gasteiger partial charge in [-0.15, -0.1) is 0 Å². The molecule has 0 radical (unpaired) electrons. The maximum atomic E-state index is 12.2. The third kappa shape index (κ3) is 4.55. The Morgan fingerprint density at radius 3 is 2.62 bits per heavy atom. The molecule has 2 N–H and O–H groups in total. The van der Waals surface area contributed by atoms with Gasteiger partial charge >= 0.3 is 0 Å². The van der Waals surface area contributed by atoms with Crippen LogP contribution in [0, 0.1) is 0 Å². The van der Waals surface area contributed by atoms with Crippen LogP contribution in [0.5, 0.6) is 0 Å². The highest BCUT2D eigenvalue weighted by molar-refractivity contribution is 5.92. The van der Waals surface area contributed by atoms with Gasteiger partial charge in [-0.2, -0.15) is 0 Å². The van der Waals surface area contributed by atoms with Crippen molar-refractivity contribution >= 4 is 11.6 Å². The molecule has 1 heterocycles. The van der Waals surface area contributed by atoms with Gasteiger partial charge in [0.05, 0.1) is 6.54 Å². The van der Waals surface area contributed by atoms with Gasteiger partial charge in [-0.3, -0.25) is 9.69 Å². The summed E-state index contributed by atoms with van der Waals surface area (Å²) in [4.78, 5) is 14.4. The van der Waals surface area contributed by atoms with Crippen molar-refractivity contribution in [1.29, 1.82) is 0 Å². The minimum absolute atomic E-state index is 0.0704. The second-order valence-electron chi connectivity index (χ2n) is 6.03. The zero-order chi connectivity index (χ0) is 15.2. The third-order valence-corrected chi connectivity index (χ3v) is 4.16. The van der Waals surface area contributed by atoms with E-state index in [4.69, 9.17) is 0 Å². The predicted octanol–water partition coefficient (Wildman–Crippen LogP) is 2.43. The van der Waals surface area contributed by atoms with Crippen molar-refractivity contribution in [2.24, 2.45) is 0 Å². The van der Waals surface area contributed by atoms with Crippen LogP contribution in [-0.4, -0.2) is 43.0 Å². The van der Waals surface area contributed by atoms with E-state index in [-0.39, 0.29) is 5.91 Å². The van der Waals surface area contributed by atoms with E-state index in [1.54, 1.807) is 0 Å². The lowest BCUT2D eigenvalue weighted by Gasteiger charge is -2.26. The second kappa shape index (κ2) is 7.57. The van der Waals surface area contributed by atoms with Crippen molar-refractivity contribution < 1.29 is 4.79 Å². The molecule has 4 heteroatoms. The third-order valence-electron chi connectivity index (χ3n) is 4.16. The van der Waals surface area contributed by atoms with E-state index >= 15 is 0 Å². The Labute approximate surface area is 127 Å². The zero-order valence-corrected chi connectivity index (χ0v) is 13.4. The molecule has 0 aromatic heterocycles. The normalized spacial score (nSPS) is 18.4. The van der Waals surface area contributed by atoms with Crippen LogP contribution in [0.1, 0.15) is 38.7 Å². The van der Waals surface area contributed by atoms with Crippen LogP contribution in [-0.2, 0) is 4.79 Å². The molecule has 0 saturated carbocycles. The molecule has 2 rings (SSSR count). The molecule has 116 valence electrons. The molecule has 1 unspecified atom stereocenters. The van der Waals surface area contributed by atoms with Crippen LogP contribution < -0.4 is 10.6 Å². The van der Waals surface area contributed by atoms with Gasteiger partial charge in [0.25, 0.3) is 0 Å². The number of carbonyl (C=O) groups is 1. The van der Waals surface area contributed by atoms with Gasteiger partial charge in [0.1, 0.15) is 0 Å². The van der Waals surface area contributed by atoms with E-state index in [9.17, 15) is 4.79 Å². The first-order valence-electron chi connectivity index (χ1n) is 7.94. The molecule has 1 aliphatic heterocycles. The first kappa shape index (κ1) is 16.0. The topological polar surface area (TPSA) is 44.4 Å². The number of nitrogens with one attached hydrogen (secondary N) is 2. The van der Waals surface area contributed by atoms with Crippen molar-refractivity contribution in [2.45, 2.75) is 39.2 Å². The number of carbonyl (C=O) groups excluding carboxylic acids is 1. The summed E-state index contributed by atoms with van der Waals surface area (Å²) >= 11 is 0. The van der Waals surface area contributed by atoms with E-state index in [1.807, 2.05) is 12.1 Å². The van der Waals surface area contributed by atoms with Gasteiger partial charge in [0, 0.05) is 18.3 Å². The summed E-state index contributed by atoms with van der Waals surface area (Å²) in [5.41, 5.74) is 2.17. The van der Waals surface area contributed by atoms with Gasteiger partial charge < -0.3 is 10.6 Å². The first-order chi connectivity index (χ1) is 10.1. The van der Waals surface area contributed by atoms with E-state index in [0.717, 1.165) is 31.7 Å². The molecular weight excluding hydrogens is 262 g/mol. The molecule has 1 amide bonds. The lowest BCUT2D eigenvalue weighted by atomic mass is 10.0. The van der Waals surface area contributed by atoms with E-state index in [2.05, 4.69) is 48.4 Å². The van der Waals surface area contributed by atoms with Crippen LogP contribution in [0.4, 0.5) is 5.69 Å². The number of benzene rings is 1. The fraction of sp³-hybridized carbons (Fsp3) is 0.588. The second-order valence-corrected chi connectivity index (χ2v) is 6.03. The van der Waals surface area contributed by atoms with Gasteiger partial charge in [0.2, 0.25) is 5.91 Å².